The molecule has 1 saturated heterocycles. The number of anilines is 2. The van der Waals surface area contributed by atoms with E-state index in [9.17, 15) is 0 Å². The van der Waals surface area contributed by atoms with Crippen molar-refractivity contribution >= 4 is 27.7 Å². The third-order valence-electron chi connectivity index (χ3n) is 3.13. The predicted molar refractivity (Wildman–Crippen MR) is 77.5 cm³/mol. The van der Waals surface area contributed by atoms with E-state index in [0.717, 1.165) is 16.8 Å². The van der Waals surface area contributed by atoms with E-state index < -0.39 is 0 Å². The van der Waals surface area contributed by atoms with Gasteiger partial charge in [-0.1, -0.05) is 6.42 Å². The molecule has 0 radical (unpaired) electrons. The highest BCUT2D eigenvalue weighted by atomic mass is 79.9. The van der Waals surface area contributed by atoms with Crippen molar-refractivity contribution in [2.24, 2.45) is 0 Å². The largest absolute Gasteiger partial charge is 0.368 e. The fourth-order valence-corrected chi connectivity index (χ4v) is 2.60. The lowest BCUT2D eigenvalue weighted by Crippen LogP contribution is -2.38. The fraction of sp³-hybridized carbons (Fsp3) is 0.667. The molecular formula is C12H20BrN5. The molecule has 18 heavy (non-hydrogen) atoms. The van der Waals surface area contributed by atoms with E-state index in [0.29, 0.717) is 12.0 Å². The fourth-order valence-electron chi connectivity index (χ4n) is 2.29. The Morgan fingerprint density at radius 2 is 2.17 bits per heavy atom. The minimum absolute atomic E-state index is 0.297. The molecule has 1 aliphatic rings. The summed E-state index contributed by atoms with van der Waals surface area (Å²) in [5.41, 5.74) is 5.59. The lowest BCUT2D eigenvalue weighted by Gasteiger charge is -2.29. The van der Waals surface area contributed by atoms with E-state index in [1.807, 2.05) is 0 Å². The van der Waals surface area contributed by atoms with E-state index in [4.69, 9.17) is 5.73 Å². The van der Waals surface area contributed by atoms with E-state index in [2.05, 4.69) is 43.0 Å². The first-order valence-corrected chi connectivity index (χ1v) is 7.21. The van der Waals surface area contributed by atoms with Crippen LogP contribution in [0.5, 0.6) is 0 Å². The zero-order chi connectivity index (χ0) is 13.0. The molecule has 1 atom stereocenters. The van der Waals surface area contributed by atoms with Gasteiger partial charge in [0, 0.05) is 18.8 Å². The lowest BCUT2D eigenvalue weighted by molar-refractivity contribution is 0.223. The Labute approximate surface area is 116 Å². The van der Waals surface area contributed by atoms with E-state index in [1.54, 1.807) is 6.20 Å². The highest BCUT2D eigenvalue weighted by Crippen LogP contribution is 2.20. The van der Waals surface area contributed by atoms with Crippen molar-refractivity contribution in [1.82, 2.24) is 14.9 Å². The van der Waals surface area contributed by atoms with E-state index in [1.165, 1.54) is 32.4 Å². The smallest absolute Gasteiger partial charge is 0.221 e. The van der Waals surface area contributed by atoms with Crippen LogP contribution in [-0.2, 0) is 0 Å². The first kappa shape index (κ1) is 13.5. The predicted octanol–water partition coefficient (Wildman–Crippen LogP) is 2.11. The minimum Gasteiger partial charge on any atom is -0.368 e. The zero-order valence-electron chi connectivity index (χ0n) is 10.7. The van der Waals surface area contributed by atoms with Gasteiger partial charge in [0.25, 0.3) is 0 Å². The van der Waals surface area contributed by atoms with E-state index in [-0.39, 0.29) is 0 Å². The number of aromatic nitrogens is 2. The first-order chi connectivity index (χ1) is 8.65. The molecule has 0 aromatic carbocycles. The molecule has 0 amide bonds. The van der Waals surface area contributed by atoms with Gasteiger partial charge in [-0.25, -0.2) is 4.98 Å². The molecule has 1 aromatic heterocycles. The number of piperidine rings is 1. The third kappa shape index (κ3) is 3.81. The SMILES string of the molecule is CC(CN1CCCCC1)Nc1nc(N)ncc1Br. The summed E-state index contributed by atoms with van der Waals surface area (Å²) in [6.07, 6.45) is 5.68. The van der Waals surface area contributed by atoms with Crippen LogP contribution < -0.4 is 11.1 Å². The van der Waals surface area contributed by atoms with Crippen LogP contribution in [0, 0.1) is 0 Å². The average molecular weight is 314 g/mol. The Hall–Kier alpha value is -0.880. The van der Waals surface area contributed by atoms with Crippen molar-refractivity contribution in [3.63, 3.8) is 0 Å². The van der Waals surface area contributed by atoms with Gasteiger partial charge in [-0.2, -0.15) is 4.98 Å². The molecule has 2 rings (SSSR count). The summed E-state index contributed by atoms with van der Waals surface area (Å²) in [5.74, 6) is 1.07. The number of hydrogen-bond donors (Lipinski definition) is 2. The summed E-state index contributed by atoms with van der Waals surface area (Å²) >= 11 is 3.43. The number of hydrogen-bond acceptors (Lipinski definition) is 5. The zero-order valence-corrected chi connectivity index (χ0v) is 12.3. The highest BCUT2D eigenvalue weighted by Gasteiger charge is 2.14. The van der Waals surface area contributed by atoms with Crippen molar-refractivity contribution in [3.05, 3.63) is 10.7 Å². The topological polar surface area (TPSA) is 67.1 Å². The molecule has 6 heteroatoms. The Kier molecular flexibility index (Phi) is 4.77. The summed E-state index contributed by atoms with van der Waals surface area (Å²) in [7, 11) is 0. The van der Waals surface area contributed by atoms with Crippen LogP contribution in [-0.4, -0.2) is 40.5 Å². The molecular weight excluding hydrogens is 294 g/mol. The standard InChI is InChI=1S/C12H20BrN5/c1-9(8-18-5-3-2-4-6-18)16-11-10(13)7-15-12(14)17-11/h7,9H,2-6,8H2,1H3,(H3,14,15,16,17). The Balaban J connectivity index is 1.89. The van der Waals surface area contributed by atoms with Gasteiger partial charge in [0.2, 0.25) is 5.95 Å². The Morgan fingerprint density at radius 1 is 1.44 bits per heavy atom. The Bertz CT molecular complexity index is 392. The van der Waals surface area contributed by atoms with Gasteiger partial charge >= 0.3 is 0 Å². The number of rotatable bonds is 4. The highest BCUT2D eigenvalue weighted by molar-refractivity contribution is 9.10. The summed E-state index contributed by atoms with van der Waals surface area (Å²) in [5, 5.41) is 3.38. The second kappa shape index (κ2) is 6.33. The molecule has 0 aliphatic carbocycles. The van der Waals surface area contributed by atoms with Crippen LogP contribution >= 0.6 is 15.9 Å². The van der Waals surface area contributed by atoms with Crippen molar-refractivity contribution in [3.8, 4) is 0 Å². The molecule has 0 spiro atoms. The number of likely N-dealkylation sites (tertiary alicyclic amines) is 1. The molecule has 0 bridgehead atoms. The first-order valence-electron chi connectivity index (χ1n) is 6.42. The van der Waals surface area contributed by atoms with Crippen molar-refractivity contribution in [1.29, 1.82) is 0 Å². The maximum absolute atomic E-state index is 5.59. The van der Waals surface area contributed by atoms with Gasteiger partial charge in [-0.3, -0.25) is 0 Å². The number of nitrogens with one attached hydrogen (secondary N) is 1. The summed E-state index contributed by atoms with van der Waals surface area (Å²) in [4.78, 5) is 10.6. The molecule has 0 saturated carbocycles. The third-order valence-corrected chi connectivity index (χ3v) is 3.71. The van der Waals surface area contributed by atoms with Gasteiger partial charge in [0.05, 0.1) is 4.47 Å². The Morgan fingerprint density at radius 3 is 2.89 bits per heavy atom. The molecule has 3 N–H and O–H groups in total. The lowest BCUT2D eigenvalue weighted by atomic mass is 10.1. The van der Waals surface area contributed by atoms with Gasteiger partial charge in [0.15, 0.2) is 0 Å². The van der Waals surface area contributed by atoms with Gasteiger partial charge in [-0.15, -0.1) is 0 Å². The van der Waals surface area contributed by atoms with Gasteiger partial charge < -0.3 is 16.0 Å². The van der Waals surface area contributed by atoms with E-state index >= 15 is 0 Å². The molecule has 100 valence electrons. The van der Waals surface area contributed by atoms with Crippen LogP contribution in [0.1, 0.15) is 26.2 Å². The van der Waals surface area contributed by atoms with Crippen LogP contribution in [0.4, 0.5) is 11.8 Å². The molecule has 1 aromatic rings. The molecule has 1 unspecified atom stereocenters. The second-order valence-electron chi connectivity index (χ2n) is 4.83. The van der Waals surface area contributed by atoms with Crippen molar-refractivity contribution in [2.45, 2.75) is 32.2 Å². The molecule has 2 heterocycles. The summed E-state index contributed by atoms with van der Waals surface area (Å²) in [6.45, 7) is 5.62. The van der Waals surface area contributed by atoms with Crippen LogP contribution in [0.3, 0.4) is 0 Å². The number of nitrogen functional groups attached to an aromatic ring is 1. The molecule has 5 nitrogen and oxygen atoms in total. The number of halogens is 1. The van der Waals surface area contributed by atoms with Crippen LogP contribution in [0.2, 0.25) is 0 Å². The minimum atomic E-state index is 0.297. The maximum Gasteiger partial charge on any atom is 0.221 e. The quantitative estimate of drug-likeness (QED) is 0.891. The average Bonchev–Trinajstić information content (AvgIpc) is 2.35. The van der Waals surface area contributed by atoms with Crippen LogP contribution in [0.15, 0.2) is 10.7 Å². The molecule has 1 fully saturated rings. The number of nitrogens with zero attached hydrogens (tertiary/aromatic N) is 3. The van der Waals surface area contributed by atoms with Crippen LogP contribution in [0.25, 0.3) is 0 Å². The monoisotopic (exact) mass is 313 g/mol. The summed E-state index contributed by atoms with van der Waals surface area (Å²) in [6, 6.07) is 0.341. The van der Waals surface area contributed by atoms with Gasteiger partial charge in [-0.05, 0) is 48.8 Å². The summed E-state index contributed by atoms with van der Waals surface area (Å²) < 4.78 is 0.849. The maximum atomic E-state index is 5.59. The van der Waals surface area contributed by atoms with Crippen molar-refractivity contribution in [2.75, 3.05) is 30.7 Å². The second-order valence-corrected chi connectivity index (χ2v) is 5.69. The number of nitrogens with two attached hydrogens (primary N) is 1. The van der Waals surface area contributed by atoms with Crippen molar-refractivity contribution < 1.29 is 0 Å². The normalized spacial score (nSPS) is 18.6. The van der Waals surface area contributed by atoms with Gasteiger partial charge in [0.1, 0.15) is 5.82 Å². The molecule has 1 aliphatic heterocycles.